The summed E-state index contributed by atoms with van der Waals surface area (Å²) in [4.78, 5) is 4.47. The highest BCUT2D eigenvalue weighted by atomic mass is 16.5. The van der Waals surface area contributed by atoms with Gasteiger partial charge in [-0.2, -0.15) is 0 Å². The zero-order valence-electron chi connectivity index (χ0n) is 10.3. The second-order valence-electron chi connectivity index (χ2n) is 4.52. The zero-order valence-corrected chi connectivity index (χ0v) is 10.3. The molecule has 3 heteroatoms. The Bertz CT molecular complexity index is 619. The Morgan fingerprint density at radius 2 is 2.17 bits per heavy atom. The second kappa shape index (κ2) is 4.42. The summed E-state index contributed by atoms with van der Waals surface area (Å²) in [5, 5.41) is 11.4. The van der Waals surface area contributed by atoms with Crippen molar-refractivity contribution in [2.75, 3.05) is 6.61 Å². The fourth-order valence-corrected chi connectivity index (χ4v) is 2.35. The quantitative estimate of drug-likeness (QED) is 0.879. The largest absolute Gasteiger partial charge is 0.495 e. The van der Waals surface area contributed by atoms with Crippen molar-refractivity contribution in [2.24, 2.45) is 0 Å². The van der Waals surface area contributed by atoms with Crippen molar-refractivity contribution in [3.05, 3.63) is 53.4 Å². The molecule has 92 valence electrons. The number of benzene rings is 1. The van der Waals surface area contributed by atoms with Crippen LogP contribution in [0.25, 0.3) is 10.9 Å². The van der Waals surface area contributed by atoms with Crippen LogP contribution in [-0.4, -0.2) is 16.7 Å². The Morgan fingerprint density at radius 3 is 2.94 bits per heavy atom. The molecule has 3 rings (SSSR count). The maximum atomic E-state index is 10.4. The van der Waals surface area contributed by atoms with Crippen LogP contribution in [0.2, 0.25) is 0 Å². The summed E-state index contributed by atoms with van der Waals surface area (Å²) in [6.07, 6.45) is 2.13. The van der Waals surface area contributed by atoms with Gasteiger partial charge in [0.25, 0.3) is 0 Å². The number of aryl methyl sites for hydroxylation is 1. The lowest BCUT2D eigenvalue weighted by molar-refractivity contribution is 0.120. The summed E-state index contributed by atoms with van der Waals surface area (Å²) in [5.74, 6) is 0.658. The maximum Gasteiger partial charge on any atom is 0.136 e. The predicted molar refractivity (Wildman–Crippen MR) is 70.1 cm³/mol. The Morgan fingerprint density at radius 1 is 1.33 bits per heavy atom. The number of nitrogens with zero attached hydrogens (tertiary/aromatic N) is 1. The van der Waals surface area contributed by atoms with Gasteiger partial charge in [0, 0.05) is 17.5 Å². The molecule has 1 aromatic heterocycles. The molecule has 1 unspecified atom stereocenters. The monoisotopic (exact) mass is 241 g/mol. The van der Waals surface area contributed by atoms with E-state index in [2.05, 4.69) is 4.98 Å². The van der Waals surface area contributed by atoms with E-state index in [0.29, 0.717) is 12.4 Å². The molecule has 2 aromatic rings. The highest BCUT2D eigenvalue weighted by Crippen LogP contribution is 2.31. The maximum absolute atomic E-state index is 10.4. The van der Waals surface area contributed by atoms with E-state index in [-0.39, 0.29) is 0 Å². The van der Waals surface area contributed by atoms with Crippen LogP contribution in [0.3, 0.4) is 0 Å². The van der Waals surface area contributed by atoms with Gasteiger partial charge >= 0.3 is 0 Å². The van der Waals surface area contributed by atoms with Crippen molar-refractivity contribution >= 4 is 10.9 Å². The molecule has 1 aliphatic rings. The van der Waals surface area contributed by atoms with E-state index in [1.165, 1.54) is 0 Å². The highest BCUT2D eigenvalue weighted by molar-refractivity contribution is 5.83. The molecule has 18 heavy (non-hydrogen) atoms. The van der Waals surface area contributed by atoms with Gasteiger partial charge in [-0.15, -0.1) is 0 Å². The van der Waals surface area contributed by atoms with Crippen molar-refractivity contribution in [3.63, 3.8) is 0 Å². The zero-order chi connectivity index (χ0) is 12.5. The van der Waals surface area contributed by atoms with Crippen molar-refractivity contribution in [1.29, 1.82) is 0 Å². The van der Waals surface area contributed by atoms with E-state index < -0.39 is 6.10 Å². The van der Waals surface area contributed by atoms with Crippen LogP contribution in [0, 0.1) is 6.92 Å². The standard InChI is InChI=1S/C15H15NO2/c1-10-9-12(15(17)14-7-4-8-18-14)11-5-2-3-6-13(11)16-10/h2-3,5-7,9,15,17H,4,8H2,1H3. The fraction of sp³-hybridized carbons (Fsp3) is 0.267. The summed E-state index contributed by atoms with van der Waals surface area (Å²) in [5.41, 5.74) is 2.68. The van der Waals surface area contributed by atoms with Gasteiger partial charge in [-0.3, -0.25) is 4.98 Å². The third-order valence-corrected chi connectivity index (χ3v) is 3.17. The van der Waals surface area contributed by atoms with Crippen molar-refractivity contribution in [3.8, 4) is 0 Å². The van der Waals surface area contributed by atoms with Gasteiger partial charge in [0.05, 0.1) is 12.1 Å². The molecule has 0 aliphatic carbocycles. The van der Waals surface area contributed by atoms with E-state index in [0.717, 1.165) is 28.6 Å². The molecule has 2 heterocycles. The molecule has 0 saturated carbocycles. The van der Waals surface area contributed by atoms with Crippen LogP contribution in [0.15, 0.2) is 42.2 Å². The molecule has 1 N–H and O–H groups in total. The fourth-order valence-electron chi connectivity index (χ4n) is 2.35. The Hall–Kier alpha value is -1.87. The summed E-state index contributed by atoms with van der Waals surface area (Å²) in [6, 6.07) is 9.78. The molecular weight excluding hydrogens is 226 g/mol. The lowest BCUT2D eigenvalue weighted by Crippen LogP contribution is -2.04. The molecule has 0 spiro atoms. The minimum absolute atomic E-state index is 0.658. The van der Waals surface area contributed by atoms with Gasteiger partial charge in [0.1, 0.15) is 11.9 Å². The number of aliphatic hydroxyl groups is 1. The van der Waals surface area contributed by atoms with Gasteiger partial charge in [-0.05, 0) is 30.7 Å². The third-order valence-electron chi connectivity index (χ3n) is 3.17. The number of aromatic nitrogens is 1. The summed E-state index contributed by atoms with van der Waals surface area (Å²) in [7, 11) is 0. The number of aliphatic hydroxyl groups excluding tert-OH is 1. The van der Waals surface area contributed by atoms with Crippen LogP contribution in [0.5, 0.6) is 0 Å². The molecule has 1 aromatic carbocycles. The van der Waals surface area contributed by atoms with E-state index in [1.54, 1.807) is 0 Å². The number of hydrogen-bond acceptors (Lipinski definition) is 3. The van der Waals surface area contributed by atoms with Crippen molar-refractivity contribution in [1.82, 2.24) is 4.98 Å². The lowest BCUT2D eigenvalue weighted by Gasteiger charge is -2.15. The first-order chi connectivity index (χ1) is 8.75. The average Bonchev–Trinajstić information content (AvgIpc) is 2.90. The number of pyridine rings is 1. The molecule has 0 radical (unpaired) electrons. The molecule has 0 amide bonds. The highest BCUT2D eigenvalue weighted by Gasteiger charge is 2.20. The summed E-state index contributed by atoms with van der Waals surface area (Å²) < 4.78 is 5.45. The topological polar surface area (TPSA) is 42.4 Å². The number of fused-ring (bicyclic) bond motifs is 1. The lowest BCUT2D eigenvalue weighted by atomic mass is 10.0. The molecule has 1 aliphatic heterocycles. The van der Waals surface area contributed by atoms with Crippen molar-refractivity contribution < 1.29 is 9.84 Å². The van der Waals surface area contributed by atoms with Gasteiger partial charge in [0.2, 0.25) is 0 Å². The Kier molecular flexibility index (Phi) is 2.76. The van der Waals surface area contributed by atoms with E-state index >= 15 is 0 Å². The molecule has 0 saturated heterocycles. The summed E-state index contributed by atoms with van der Waals surface area (Å²) >= 11 is 0. The number of rotatable bonds is 2. The van der Waals surface area contributed by atoms with Gasteiger partial charge in [0.15, 0.2) is 0 Å². The van der Waals surface area contributed by atoms with E-state index in [4.69, 9.17) is 4.74 Å². The van der Waals surface area contributed by atoms with Crippen LogP contribution in [0.4, 0.5) is 0 Å². The minimum Gasteiger partial charge on any atom is -0.495 e. The first-order valence-electron chi connectivity index (χ1n) is 6.13. The Labute approximate surface area is 106 Å². The summed E-state index contributed by atoms with van der Waals surface area (Å²) in [6.45, 7) is 2.60. The van der Waals surface area contributed by atoms with Crippen LogP contribution >= 0.6 is 0 Å². The predicted octanol–water partition coefficient (Wildman–Crippen LogP) is 2.88. The van der Waals surface area contributed by atoms with Gasteiger partial charge in [-0.1, -0.05) is 18.2 Å². The first kappa shape index (κ1) is 11.2. The number of ether oxygens (including phenoxy) is 1. The number of para-hydroxylation sites is 1. The van der Waals surface area contributed by atoms with Gasteiger partial charge < -0.3 is 9.84 Å². The normalized spacial score (nSPS) is 16.4. The smallest absolute Gasteiger partial charge is 0.136 e. The molecular formula is C15H15NO2. The first-order valence-corrected chi connectivity index (χ1v) is 6.13. The molecule has 0 bridgehead atoms. The minimum atomic E-state index is -0.695. The van der Waals surface area contributed by atoms with E-state index in [9.17, 15) is 5.11 Å². The van der Waals surface area contributed by atoms with E-state index in [1.807, 2.05) is 43.3 Å². The van der Waals surface area contributed by atoms with Crippen LogP contribution < -0.4 is 0 Å². The Balaban J connectivity index is 2.15. The molecule has 1 atom stereocenters. The van der Waals surface area contributed by atoms with Crippen LogP contribution in [-0.2, 0) is 4.74 Å². The van der Waals surface area contributed by atoms with Gasteiger partial charge in [-0.25, -0.2) is 0 Å². The number of hydrogen-bond donors (Lipinski definition) is 1. The third kappa shape index (κ3) is 1.87. The van der Waals surface area contributed by atoms with Crippen molar-refractivity contribution in [2.45, 2.75) is 19.4 Å². The SMILES string of the molecule is Cc1cc(C(O)C2=CCCO2)c2ccccc2n1. The molecule has 3 nitrogen and oxygen atoms in total. The van der Waals surface area contributed by atoms with Crippen LogP contribution in [0.1, 0.15) is 23.8 Å². The average molecular weight is 241 g/mol. The molecule has 0 fully saturated rings. The second-order valence-corrected chi connectivity index (χ2v) is 4.52.